The number of aromatic nitrogens is 2. The molecule has 0 radical (unpaired) electrons. The zero-order chi connectivity index (χ0) is 16.1. The molecule has 6 nitrogen and oxygen atoms in total. The van der Waals surface area contributed by atoms with E-state index in [9.17, 15) is 0 Å². The van der Waals surface area contributed by atoms with E-state index in [-0.39, 0.29) is 0 Å². The normalized spacial score (nSPS) is 13.9. The average molecular weight is 314 g/mol. The zero-order valence-corrected chi connectivity index (χ0v) is 13.6. The SMILES string of the molecule is COc1ccc(CNc2nccc(N3CCCC3)n2)cc1OC. The summed E-state index contributed by atoms with van der Waals surface area (Å²) in [5.41, 5.74) is 1.08. The Hall–Kier alpha value is -2.50. The van der Waals surface area contributed by atoms with E-state index >= 15 is 0 Å². The van der Waals surface area contributed by atoms with Crippen molar-refractivity contribution in [3.8, 4) is 11.5 Å². The van der Waals surface area contributed by atoms with Gasteiger partial charge in [-0.3, -0.25) is 0 Å². The Labute approximate surface area is 136 Å². The van der Waals surface area contributed by atoms with Gasteiger partial charge in [-0.1, -0.05) is 6.07 Å². The van der Waals surface area contributed by atoms with Crippen LogP contribution in [0.25, 0.3) is 0 Å². The van der Waals surface area contributed by atoms with Crippen LogP contribution in [0.4, 0.5) is 11.8 Å². The lowest BCUT2D eigenvalue weighted by Crippen LogP contribution is -2.19. The first-order valence-corrected chi connectivity index (χ1v) is 7.83. The lowest BCUT2D eigenvalue weighted by atomic mass is 10.2. The van der Waals surface area contributed by atoms with Crippen molar-refractivity contribution in [2.75, 3.05) is 37.5 Å². The fourth-order valence-corrected chi connectivity index (χ4v) is 2.73. The molecule has 1 saturated heterocycles. The Bertz CT molecular complexity index is 657. The van der Waals surface area contributed by atoms with Crippen LogP contribution in [-0.2, 0) is 6.54 Å². The van der Waals surface area contributed by atoms with Crippen molar-refractivity contribution >= 4 is 11.8 Å². The van der Waals surface area contributed by atoms with E-state index < -0.39 is 0 Å². The summed E-state index contributed by atoms with van der Waals surface area (Å²) in [6.45, 7) is 2.78. The van der Waals surface area contributed by atoms with Gasteiger partial charge in [0.05, 0.1) is 14.2 Å². The number of benzene rings is 1. The summed E-state index contributed by atoms with van der Waals surface area (Å²) in [4.78, 5) is 11.2. The molecule has 0 amide bonds. The van der Waals surface area contributed by atoms with E-state index in [1.54, 1.807) is 20.4 Å². The van der Waals surface area contributed by atoms with Crippen LogP contribution in [0.5, 0.6) is 11.5 Å². The molecule has 6 heteroatoms. The third kappa shape index (κ3) is 3.64. The number of methoxy groups -OCH3 is 2. The monoisotopic (exact) mass is 314 g/mol. The lowest BCUT2D eigenvalue weighted by molar-refractivity contribution is 0.354. The molecule has 2 heterocycles. The predicted octanol–water partition coefficient (Wildman–Crippen LogP) is 2.71. The maximum Gasteiger partial charge on any atom is 0.224 e. The van der Waals surface area contributed by atoms with Gasteiger partial charge < -0.3 is 19.7 Å². The van der Waals surface area contributed by atoms with Crippen LogP contribution in [0.15, 0.2) is 30.5 Å². The summed E-state index contributed by atoms with van der Waals surface area (Å²) in [6, 6.07) is 7.82. The maximum atomic E-state index is 5.32. The van der Waals surface area contributed by atoms with Gasteiger partial charge in [0, 0.05) is 25.8 Å². The predicted molar refractivity (Wildman–Crippen MR) is 90.4 cm³/mol. The molecule has 122 valence electrons. The Balaban J connectivity index is 1.67. The highest BCUT2D eigenvalue weighted by molar-refractivity contribution is 5.45. The first-order chi connectivity index (χ1) is 11.3. The van der Waals surface area contributed by atoms with E-state index in [1.165, 1.54) is 12.8 Å². The molecule has 0 aliphatic carbocycles. The summed E-state index contributed by atoms with van der Waals surface area (Å²) in [7, 11) is 3.27. The van der Waals surface area contributed by atoms with Crippen molar-refractivity contribution in [2.45, 2.75) is 19.4 Å². The second kappa shape index (κ2) is 7.17. The third-order valence-electron chi connectivity index (χ3n) is 3.97. The molecule has 1 aliphatic rings. The van der Waals surface area contributed by atoms with Crippen molar-refractivity contribution in [1.82, 2.24) is 9.97 Å². The molecule has 2 aromatic rings. The number of nitrogens with one attached hydrogen (secondary N) is 1. The van der Waals surface area contributed by atoms with E-state index in [1.807, 2.05) is 24.3 Å². The van der Waals surface area contributed by atoms with Gasteiger partial charge in [-0.15, -0.1) is 0 Å². The van der Waals surface area contributed by atoms with Crippen LogP contribution in [0.2, 0.25) is 0 Å². The highest BCUT2D eigenvalue weighted by Crippen LogP contribution is 2.27. The summed E-state index contributed by atoms with van der Waals surface area (Å²) in [5, 5.41) is 3.27. The fourth-order valence-electron chi connectivity index (χ4n) is 2.73. The van der Waals surface area contributed by atoms with Gasteiger partial charge in [0.25, 0.3) is 0 Å². The molecular weight excluding hydrogens is 292 g/mol. The molecule has 0 spiro atoms. The van der Waals surface area contributed by atoms with Crippen LogP contribution in [0.1, 0.15) is 18.4 Å². The summed E-state index contributed by atoms with van der Waals surface area (Å²) in [5.74, 6) is 3.08. The van der Waals surface area contributed by atoms with Gasteiger partial charge in [-0.05, 0) is 36.6 Å². The second-order valence-electron chi connectivity index (χ2n) is 5.48. The largest absolute Gasteiger partial charge is 0.493 e. The molecule has 0 unspecified atom stereocenters. The molecule has 0 saturated carbocycles. The summed E-state index contributed by atoms with van der Waals surface area (Å²) >= 11 is 0. The number of hydrogen-bond donors (Lipinski definition) is 1. The molecule has 1 aromatic heterocycles. The molecule has 1 N–H and O–H groups in total. The summed E-state index contributed by atoms with van der Waals surface area (Å²) < 4.78 is 10.6. The average Bonchev–Trinajstić information content (AvgIpc) is 3.14. The van der Waals surface area contributed by atoms with Crippen molar-refractivity contribution in [3.63, 3.8) is 0 Å². The Morgan fingerprint density at radius 1 is 1.09 bits per heavy atom. The van der Waals surface area contributed by atoms with Crippen molar-refractivity contribution < 1.29 is 9.47 Å². The first-order valence-electron chi connectivity index (χ1n) is 7.83. The molecule has 3 rings (SSSR count). The maximum absolute atomic E-state index is 5.32. The number of anilines is 2. The Morgan fingerprint density at radius 2 is 1.87 bits per heavy atom. The Morgan fingerprint density at radius 3 is 2.61 bits per heavy atom. The highest BCUT2D eigenvalue weighted by atomic mass is 16.5. The van der Waals surface area contributed by atoms with E-state index in [0.717, 1.165) is 36.0 Å². The van der Waals surface area contributed by atoms with Gasteiger partial charge in [-0.2, -0.15) is 4.98 Å². The minimum absolute atomic E-state index is 0.629. The molecule has 0 atom stereocenters. The summed E-state index contributed by atoms with van der Waals surface area (Å²) in [6.07, 6.45) is 4.27. The van der Waals surface area contributed by atoms with Gasteiger partial charge >= 0.3 is 0 Å². The quantitative estimate of drug-likeness (QED) is 0.884. The van der Waals surface area contributed by atoms with Crippen LogP contribution in [0.3, 0.4) is 0 Å². The Kier molecular flexibility index (Phi) is 4.80. The minimum atomic E-state index is 0.629. The van der Waals surface area contributed by atoms with Crippen molar-refractivity contribution in [3.05, 3.63) is 36.0 Å². The van der Waals surface area contributed by atoms with Crippen LogP contribution in [-0.4, -0.2) is 37.3 Å². The minimum Gasteiger partial charge on any atom is -0.493 e. The fraction of sp³-hybridized carbons (Fsp3) is 0.412. The van der Waals surface area contributed by atoms with Crippen LogP contribution < -0.4 is 19.7 Å². The van der Waals surface area contributed by atoms with E-state index in [2.05, 4.69) is 20.2 Å². The highest BCUT2D eigenvalue weighted by Gasteiger charge is 2.14. The second-order valence-corrected chi connectivity index (χ2v) is 5.48. The van der Waals surface area contributed by atoms with Gasteiger partial charge in [0.15, 0.2) is 11.5 Å². The molecule has 23 heavy (non-hydrogen) atoms. The zero-order valence-electron chi connectivity index (χ0n) is 13.6. The van der Waals surface area contributed by atoms with Gasteiger partial charge in [-0.25, -0.2) is 4.98 Å². The first kappa shape index (κ1) is 15.4. The van der Waals surface area contributed by atoms with Gasteiger partial charge in [0.2, 0.25) is 5.95 Å². The molecule has 0 bridgehead atoms. The topological polar surface area (TPSA) is 59.5 Å². The van der Waals surface area contributed by atoms with Crippen LogP contribution in [0, 0.1) is 0 Å². The van der Waals surface area contributed by atoms with Gasteiger partial charge in [0.1, 0.15) is 5.82 Å². The van der Waals surface area contributed by atoms with E-state index in [0.29, 0.717) is 12.5 Å². The number of ether oxygens (including phenoxy) is 2. The van der Waals surface area contributed by atoms with Crippen molar-refractivity contribution in [1.29, 1.82) is 0 Å². The smallest absolute Gasteiger partial charge is 0.224 e. The standard InChI is InChI=1S/C17H22N4O2/c1-22-14-6-5-13(11-15(14)23-2)12-19-17-18-8-7-16(20-17)21-9-3-4-10-21/h5-8,11H,3-4,9-10,12H2,1-2H3,(H,18,19,20). The molecule has 1 aromatic carbocycles. The number of nitrogens with zero attached hydrogens (tertiary/aromatic N) is 3. The number of rotatable bonds is 6. The molecule has 1 aliphatic heterocycles. The molecular formula is C17H22N4O2. The molecule has 1 fully saturated rings. The van der Waals surface area contributed by atoms with Crippen LogP contribution >= 0.6 is 0 Å². The number of hydrogen-bond acceptors (Lipinski definition) is 6. The lowest BCUT2D eigenvalue weighted by Gasteiger charge is -2.16. The van der Waals surface area contributed by atoms with Crippen molar-refractivity contribution in [2.24, 2.45) is 0 Å². The van der Waals surface area contributed by atoms with E-state index in [4.69, 9.17) is 9.47 Å². The third-order valence-corrected chi connectivity index (χ3v) is 3.97.